The summed E-state index contributed by atoms with van der Waals surface area (Å²) < 4.78 is 40.1. The molecule has 2 fully saturated rings. The number of sulfonamides is 1. The summed E-state index contributed by atoms with van der Waals surface area (Å²) in [5, 5.41) is 7.15. The number of nitrogens with one attached hydrogen (secondary N) is 3. The van der Waals surface area contributed by atoms with Gasteiger partial charge in [-0.25, -0.2) is 13.2 Å². The van der Waals surface area contributed by atoms with Gasteiger partial charge in [0.15, 0.2) is 0 Å². The molecular formula is C39H57N5O9S. The van der Waals surface area contributed by atoms with Crippen LogP contribution in [0.2, 0.25) is 0 Å². The van der Waals surface area contributed by atoms with Crippen molar-refractivity contribution in [2.75, 3.05) is 45.5 Å². The van der Waals surface area contributed by atoms with E-state index in [9.17, 15) is 32.4 Å². The molecule has 4 amide bonds. The zero-order valence-electron chi connectivity index (χ0n) is 32.6. The van der Waals surface area contributed by atoms with Crippen molar-refractivity contribution in [1.29, 1.82) is 0 Å². The number of piperidine rings is 1. The first kappa shape index (κ1) is 42.5. The number of likely N-dealkylation sites (tertiary alicyclic amines) is 2. The molecule has 2 aromatic rings. The fraction of sp³-hybridized carbons (Fsp3) is 0.615. The SMILES string of the molecule is CNC(=O)[C@@H]1CN(C(=O)CCC2CCN(C(=O)OC(C)(C)C)CC2)C[C@H]1C(=O)NC[C@H](NS(=O)(=O)CCc1cccc2ccccc12)C(=O)OC(C)(C)C. The van der Waals surface area contributed by atoms with E-state index in [2.05, 4.69) is 15.4 Å². The minimum atomic E-state index is -4.04. The van der Waals surface area contributed by atoms with Crippen LogP contribution in [-0.2, 0) is 45.1 Å². The van der Waals surface area contributed by atoms with Crippen LogP contribution >= 0.6 is 0 Å². The van der Waals surface area contributed by atoms with Crippen LogP contribution in [0.4, 0.5) is 4.79 Å². The molecule has 298 valence electrons. The van der Waals surface area contributed by atoms with Gasteiger partial charge in [0.2, 0.25) is 27.7 Å². The molecule has 0 spiro atoms. The molecule has 0 unspecified atom stereocenters. The fourth-order valence-corrected chi connectivity index (χ4v) is 8.07. The van der Waals surface area contributed by atoms with Crippen molar-refractivity contribution >= 4 is 50.6 Å². The molecule has 14 nitrogen and oxygen atoms in total. The molecule has 3 atom stereocenters. The number of carbonyl (C=O) groups is 5. The lowest BCUT2D eigenvalue weighted by molar-refractivity contribution is -0.156. The number of hydrogen-bond donors (Lipinski definition) is 3. The van der Waals surface area contributed by atoms with Gasteiger partial charge in [0.25, 0.3) is 0 Å². The van der Waals surface area contributed by atoms with Crippen molar-refractivity contribution in [1.82, 2.24) is 25.2 Å². The number of hydrogen-bond acceptors (Lipinski definition) is 9. The largest absolute Gasteiger partial charge is 0.459 e. The summed E-state index contributed by atoms with van der Waals surface area (Å²) in [5.41, 5.74) is -0.669. The number of ether oxygens (including phenoxy) is 2. The van der Waals surface area contributed by atoms with Gasteiger partial charge in [0.05, 0.1) is 17.6 Å². The zero-order chi connectivity index (χ0) is 39.8. The minimum Gasteiger partial charge on any atom is -0.459 e. The zero-order valence-corrected chi connectivity index (χ0v) is 33.4. The highest BCUT2D eigenvalue weighted by Gasteiger charge is 2.43. The molecule has 3 N–H and O–H groups in total. The highest BCUT2D eigenvalue weighted by Crippen LogP contribution is 2.28. The Labute approximate surface area is 319 Å². The number of benzene rings is 2. The number of rotatable bonds is 13. The van der Waals surface area contributed by atoms with Crippen molar-refractivity contribution in [2.24, 2.45) is 17.8 Å². The van der Waals surface area contributed by atoms with Gasteiger partial charge < -0.3 is 29.9 Å². The lowest BCUT2D eigenvalue weighted by Crippen LogP contribution is -2.52. The van der Waals surface area contributed by atoms with Gasteiger partial charge >= 0.3 is 12.1 Å². The Kier molecular flexibility index (Phi) is 14.1. The van der Waals surface area contributed by atoms with E-state index in [-0.39, 0.29) is 49.6 Å². The lowest BCUT2D eigenvalue weighted by atomic mass is 9.92. The summed E-state index contributed by atoms with van der Waals surface area (Å²) in [7, 11) is -2.58. The Bertz CT molecular complexity index is 1770. The Morgan fingerprint density at radius 3 is 2.07 bits per heavy atom. The third-order valence-corrected chi connectivity index (χ3v) is 11.0. The maximum Gasteiger partial charge on any atom is 0.410 e. The standard InChI is InChI=1S/C39H57N5O9S/c1-38(2,3)52-36(48)32(42-54(50,51)22-19-28-13-10-12-27-11-8-9-14-29(27)28)23-41-35(47)31-25-44(24-30(31)34(46)40-7)33(45)16-15-26-17-20-43(21-18-26)37(49)53-39(4,5)6/h8-14,26,30-32,42H,15-25H2,1-7H3,(H,40,46)(H,41,47)/t30-,31-,32+/m1/s1. The molecule has 0 saturated carbocycles. The molecule has 2 aromatic carbocycles. The molecule has 0 aliphatic carbocycles. The van der Waals surface area contributed by atoms with E-state index in [4.69, 9.17) is 9.47 Å². The Hall–Kier alpha value is -4.24. The third-order valence-electron chi connectivity index (χ3n) is 9.64. The topological polar surface area (TPSA) is 181 Å². The summed E-state index contributed by atoms with van der Waals surface area (Å²) in [6.45, 7) is 11.1. The molecular weight excluding hydrogens is 715 g/mol. The second kappa shape index (κ2) is 17.9. The van der Waals surface area contributed by atoms with Crippen LogP contribution in [-0.4, -0.2) is 111 Å². The first-order chi connectivity index (χ1) is 25.2. The van der Waals surface area contributed by atoms with Crippen molar-refractivity contribution in [3.63, 3.8) is 0 Å². The number of carbonyl (C=O) groups excluding carboxylic acids is 5. The Morgan fingerprint density at radius 2 is 1.44 bits per heavy atom. The van der Waals surface area contributed by atoms with Crippen LogP contribution in [0.3, 0.4) is 0 Å². The van der Waals surface area contributed by atoms with E-state index < -0.39 is 63.4 Å². The molecule has 15 heteroatoms. The minimum absolute atomic E-state index is 0.00624. The average Bonchev–Trinajstić information content (AvgIpc) is 3.56. The summed E-state index contributed by atoms with van der Waals surface area (Å²) in [6.07, 6.45) is 2.17. The van der Waals surface area contributed by atoms with Crippen LogP contribution in [0.1, 0.15) is 72.8 Å². The summed E-state index contributed by atoms with van der Waals surface area (Å²) >= 11 is 0. The first-order valence-electron chi connectivity index (χ1n) is 18.7. The van der Waals surface area contributed by atoms with Gasteiger partial charge in [0, 0.05) is 46.2 Å². The molecule has 0 radical (unpaired) electrons. The Balaban J connectivity index is 1.36. The summed E-state index contributed by atoms with van der Waals surface area (Å²) in [4.78, 5) is 68.8. The van der Waals surface area contributed by atoms with Gasteiger partial charge in [0.1, 0.15) is 17.2 Å². The normalized spacial score (nSPS) is 18.9. The van der Waals surface area contributed by atoms with E-state index >= 15 is 0 Å². The fourth-order valence-electron chi connectivity index (χ4n) is 6.85. The Morgan fingerprint density at radius 1 is 0.833 bits per heavy atom. The van der Waals surface area contributed by atoms with Gasteiger partial charge in [-0.3, -0.25) is 19.2 Å². The van der Waals surface area contributed by atoms with Crippen LogP contribution in [0.5, 0.6) is 0 Å². The quantitative estimate of drug-likeness (QED) is 0.258. The highest BCUT2D eigenvalue weighted by molar-refractivity contribution is 7.89. The highest BCUT2D eigenvalue weighted by atomic mass is 32.2. The van der Waals surface area contributed by atoms with Gasteiger partial charge in [-0.1, -0.05) is 42.5 Å². The van der Waals surface area contributed by atoms with E-state index in [0.29, 0.717) is 19.5 Å². The van der Waals surface area contributed by atoms with E-state index in [1.807, 2.05) is 63.2 Å². The molecule has 0 bridgehead atoms. The van der Waals surface area contributed by atoms with E-state index in [1.54, 1.807) is 25.7 Å². The number of amides is 4. The van der Waals surface area contributed by atoms with E-state index in [0.717, 1.165) is 29.2 Å². The molecule has 2 aliphatic heterocycles. The number of aryl methyl sites for hydroxylation is 1. The molecule has 0 aromatic heterocycles. The maximum absolute atomic E-state index is 13.6. The molecule has 2 heterocycles. The first-order valence-corrected chi connectivity index (χ1v) is 20.3. The van der Waals surface area contributed by atoms with Crippen LogP contribution in [0, 0.1) is 17.8 Å². The molecule has 2 aliphatic rings. The second-order valence-electron chi connectivity index (χ2n) is 16.2. The van der Waals surface area contributed by atoms with Gasteiger partial charge in [-0.2, -0.15) is 4.72 Å². The number of fused-ring (bicyclic) bond motifs is 1. The van der Waals surface area contributed by atoms with Crippen LogP contribution in [0.25, 0.3) is 10.8 Å². The van der Waals surface area contributed by atoms with Gasteiger partial charge in [-0.15, -0.1) is 0 Å². The smallest absolute Gasteiger partial charge is 0.410 e. The maximum atomic E-state index is 13.6. The molecule has 4 rings (SSSR count). The molecule has 2 saturated heterocycles. The summed E-state index contributed by atoms with van der Waals surface area (Å²) in [6, 6.07) is 11.9. The second-order valence-corrected chi connectivity index (χ2v) is 18.1. The summed E-state index contributed by atoms with van der Waals surface area (Å²) in [5.74, 6) is -3.87. The lowest BCUT2D eigenvalue weighted by Gasteiger charge is -2.33. The predicted molar refractivity (Wildman–Crippen MR) is 205 cm³/mol. The third kappa shape index (κ3) is 12.4. The van der Waals surface area contributed by atoms with Gasteiger partial charge in [-0.05, 0) is 89.5 Å². The monoisotopic (exact) mass is 771 g/mol. The average molecular weight is 772 g/mol. The molecule has 54 heavy (non-hydrogen) atoms. The van der Waals surface area contributed by atoms with Crippen molar-refractivity contribution in [2.45, 2.75) is 90.9 Å². The predicted octanol–water partition coefficient (Wildman–Crippen LogP) is 3.38. The van der Waals surface area contributed by atoms with Crippen LogP contribution < -0.4 is 15.4 Å². The number of esters is 1. The van der Waals surface area contributed by atoms with Crippen molar-refractivity contribution in [3.8, 4) is 0 Å². The van der Waals surface area contributed by atoms with E-state index in [1.165, 1.54) is 11.9 Å². The van der Waals surface area contributed by atoms with Crippen molar-refractivity contribution < 1.29 is 41.9 Å². The van der Waals surface area contributed by atoms with Crippen molar-refractivity contribution in [3.05, 3.63) is 48.0 Å². The number of nitrogens with zero attached hydrogens (tertiary/aromatic N) is 2. The van der Waals surface area contributed by atoms with Crippen LogP contribution in [0.15, 0.2) is 42.5 Å².